The van der Waals surface area contributed by atoms with Gasteiger partial charge in [0.05, 0.1) is 0 Å². The van der Waals surface area contributed by atoms with E-state index < -0.39 is 0 Å². The molecule has 1 fully saturated rings. The average molecular weight is 323 g/mol. The van der Waals surface area contributed by atoms with Gasteiger partial charge in [-0.1, -0.05) is 29.8 Å². The Bertz CT molecular complexity index is 573. The molecule has 0 aromatic heterocycles. The van der Waals surface area contributed by atoms with E-state index in [1.807, 2.05) is 25.1 Å². The fourth-order valence-electron chi connectivity index (χ4n) is 2.45. The number of hydrogen-bond donors (Lipinski definition) is 0. The van der Waals surface area contributed by atoms with Gasteiger partial charge in [-0.3, -0.25) is 19.3 Å². The Morgan fingerprint density at radius 2 is 1.86 bits per heavy atom. The van der Waals surface area contributed by atoms with Crippen LogP contribution in [0.25, 0.3) is 0 Å². The predicted molar refractivity (Wildman–Crippen MR) is 83.1 cm³/mol. The lowest BCUT2D eigenvalue weighted by atomic mass is 10.2. The number of carbonyl (C=O) groups excluding carboxylic acids is 3. The lowest BCUT2D eigenvalue weighted by Gasteiger charge is -2.23. The van der Waals surface area contributed by atoms with Crippen LogP contribution in [0.1, 0.15) is 31.7 Å². The van der Waals surface area contributed by atoms with Gasteiger partial charge in [0.1, 0.15) is 0 Å². The van der Waals surface area contributed by atoms with Gasteiger partial charge in [-0.25, -0.2) is 0 Å². The number of likely N-dealkylation sites (tertiary alicyclic amines) is 1. The van der Waals surface area contributed by atoms with Crippen molar-refractivity contribution < 1.29 is 14.4 Å². The van der Waals surface area contributed by atoms with Crippen LogP contribution >= 0.6 is 11.6 Å². The van der Waals surface area contributed by atoms with Gasteiger partial charge in [0.2, 0.25) is 17.7 Å². The molecule has 1 saturated heterocycles. The topological polar surface area (TPSA) is 57.7 Å². The zero-order valence-electron chi connectivity index (χ0n) is 12.5. The molecule has 0 N–H and O–H groups in total. The van der Waals surface area contributed by atoms with E-state index in [2.05, 4.69) is 0 Å². The third kappa shape index (κ3) is 3.85. The highest BCUT2D eigenvalue weighted by Gasteiger charge is 2.29. The Kier molecular flexibility index (Phi) is 5.55. The van der Waals surface area contributed by atoms with E-state index in [1.54, 1.807) is 11.0 Å². The standard InChI is InChI=1S/C16H19ClN2O3/c1-2-18(11-12-5-3-4-6-13(12)17)14(20)9-10-19-15(21)7-8-16(19)22/h3-6H,2,7-11H2,1H3. The van der Waals surface area contributed by atoms with Gasteiger partial charge in [-0.05, 0) is 18.6 Å². The van der Waals surface area contributed by atoms with Crippen molar-refractivity contribution in [3.8, 4) is 0 Å². The number of rotatable bonds is 6. The Labute approximate surface area is 134 Å². The molecule has 1 aliphatic rings. The van der Waals surface area contributed by atoms with Crippen LogP contribution in [0.5, 0.6) is 0 Å². The molecule has 0 atom stereocenters. The molecular formula is C16H19ClN2O3. The van der Waals surface area contributed by atoms with E-state index in [9.17, 15) is 14.4 Å². The summed E-state index contributed by atoms with van der Waals surface area (Å²) in [5, 5.41) is 0.624. The van der Waals surface area contributed by atoms with Gasteiger partial charge in [-0.2, -0.15) is 0 Å². The van der Waals surface area contributed by atoms with Crippen molar-refractivity contribution in [1.82, 2.24) is 9.80 Å². The minimum Gasteiger partial charge on any atom is -0.339 e. The number of hydrogen-bond acceptors (Lipinski definition) is 3. The van der Waals surface area contributed by atoms with Crippen LogP contribution in [0, 0.1) is 0 Å². The molecule has 0 radical (unpaired) electrons. The van der Waals surface area contributed by atoms with E-state index in [4.69, 9.17) is 11.6 Å². The summed E-state index contributed by atoms with van der Waals surface area (Å²) in [6.07, 6.45) is 0.657. The first-order chi connectivity index (χ1) is 10.5. The number of nitrogens with zero attached hydrogens (tertiary/aromatic N) is 2. The molecule has 0 saturated carbocycles. The number of carbonyl (C=O) groups is 3. The van der Waals surface area contributed by atoms with Crippen LogP contribution in [0.4, 0.5) is 0 Å². The van der Waals surface area contributed by atoms with Crippen molar-refractivity contribution in [3.63, 3.8) is 0 Å². The third-order valence-electron chi connectivity index (χ3n) is 3.76. The Hall–Kier alpha value is -1.88. The van der Waals surface area contributed by atoms with Crippen LogP contribution in [0.15, 0.2) is 24.3 Å². The highest BCUT2D eigenvalue weighted by molar-refractivity contribution is 6.31. The Balaban J connectivity index is 1.93. The van der Waals surface area contributed by atoms with Crippen molar-refractivity contribution in [3.05, 3.63) is 34.9 Å². The third-order valence-corrected chi connectivity index (χ3v) is 4.13. The van der Waals surface area contributed by atoms with Gasteiger partial charge < -0.3 is 4.90 Å². The molecule has 0 spiro atoms. The molecule has 3 amide bonds. The van der Waals surface area contributed by atoms with Gasteiger partial charge in [0, 0.05) is 43.9 Å². The van der Waals surface area contributed by atoms with Gasteiger partial charge in [0.15, 0.2) is 0 Å². The number of halogens is 1. The normalized spacial score (nSPS) is 14.5. The molecule has 5 nitrogen and oxygen atoms in total. The van der Waals surface area contributed by atoms with Crippen molar-refractivity contribution >= 4 is 29.3 Å². The van der Waals surface area contributed by atoms with Crippen LogP contribution in [0.2, 0.25) is 5.02 Å². The van der Waals surface area contributed by atoms with Crippen molar-refractivity contribution in [1.29, 1.82) is 0 Å². The molecular weight excluding hydrogens is 304 g/mol. The second-order valence-corrected chi connectivity index (χ2v) is 5.60. The van der Waals surface area contributed by atoms with E-state index in [0.717, 1.165) is 5.56 Å². The summed E-state index contributed by atoms with van der Waals surface area (Å²) in [5.41, 5.74) is 0.882. The summed E-state index contributed by atoms with van der Waals surface area (Å²) in [6.45, 7) is 3.03. The molecule has 2 rings (SSSR count). The molecule has 1 aromatic rings. The zero-order valence-corrected chi connectivity index (χ0v) is 13.3. The molecule has 1 heterocycles. The van der Waals surface area contributed by atoms with Crippen molar-refractivity contribution in [2.45, 2.75) is 32.7 Å². The minimum atomic E-state index is -0.188. The maximum Gasteiger partial charge on any atom is 0.229 e. The molecule has 1 aromatic carbocycles. The highest BCUT2D eigenvalue weighted by Crippen LogP contribution is 2.18. The smallest absolute Gasteiger partial charge is 0.229 e. The second-order valence-electron chi connectivity index (χ2n) is 5.19. The van der Waals surface area contributed by atoms with Crippen molar-refractivity contribution in [2.75, 3.05) is 13.1 Å². The molecule has 6 heteroatoms. The lowest BCUT2D eigenvalue weighted by Crippen LogP contribution is -2.36. The first kappa shape index (κ1) is 16.5. The molecule has 1 aliphatic heterocycles. The van der Waals surface area contributed by atoms with Gasteiger partial charge in [0.25, 0.3) is 0 Å². The van der Waals surface area contributed by atoms with Gasteiger partial charge in [-0.15, -0.1) is 0 Å². The fourth-order valence-corrected chi connectivity index (χ4v) is 2.64. The quantitative estimate of drug-likeness (QED) is 0.755. The summed E-state index contributed by atoms with van der Waals surface area (Å²) in [7, 11) is 0. The number of benzene rings is 1. The minimum absolute atomic E-state index is 0.0880. The highest BCUT2D eigenvalue weighted by atomic mass is 35.5. The Morgan fingerprint density at radius 1 is 1.23 bits per heavy atom. The zero-order chi connectivity index (χ0) is 16.1. The van der Waals surface area contributed by atoms with E-state index in [0.29, 0.717) is 18.1 Å². The monoisotopic (exact) mass is 322 g/mol. The van der Waals surface area contributed by atoms with E-state index in [1.165, 1.54) is 4.90 Å². The number of amides is 3. The van der Waals surface area contributed by atoms with Gasteiger partial charge >= 0.3 is 0 Å². The molecule has 0 unspecified atom stereocenters. The van der Waals surface area contributed by atoms with Crippen LogP contribution in [-0.2, 0) is 20.9 Å². The molecule has 22 heavy (non-hydrogen) atoms. The number of imide groups is 1. The second kappa shape index (κ2) is 7.40. The lowest BCUT2D eigenvalue weighted by molar-refractivity contribution is -0.139. The van der Waals surface area contributed by atoms with Crippen LogP contribution < -0.4 is 0 Å². The maximum absolute atomic E-state index is 12.3. The van der Waals surface area contributed by atoms with E-state index in [-0.39, 0.29) is 43.5 Å². The summed E-state index contributed by atoms with van der Waals surface area (Å²) < 4.78 is 0. The predicted octanol–water partition coefficient (Wildman–Crippen LogP) is 2.23. The molecule has 118 valence electrons. The molecule has 0 aliphatic carbocycles. The summed E-state index contributed by atoms with van der Waals surface area (Å²) >= 11 is 6.11. The average Bonchev–Trinajstić information content (AvgIpc) is 2.83. The van der Waals surface area contributed by atoms with E-state index >= 15 is 0 Å². The first-order valence-electron chi connectivity index (χ1n) is 7.37. The fraction of sp³-hybridized carbons (Fsp3) is 0.438. The maximum atomic E-state index is 12.3. The van der Waals surface area contributed by atoms with Crippen LogP contribution in [0.3, 0.4) is 0 Å². The Morgan fingerprint density at radius 3 is 2.45 bits per heavy atom. The largest absolute Gasteiger partial charge is 0.339 e. The van der Waals surface area contributed by atoms with Crippen LogP contribution in [-0.4, -0.2) is 40.6 Å². The molecule has 0 bridgehead atoms. The summed E-state index contributed by atoms with van der Waals surface area (Å²) in [4.78, 5) is 38.2. The summed E-state index contributed by atoms with van der Waals surface area (Å²) in [5.74, 6) is -0.464. The summed E-state index contributed by atoms with van der Waals surface area (Å²) in [6, 6.07) is 7.39. The SMILES string of the molecule is CCN(Cc1ccccc1Cl)C(=O)CCN1C(=O)CCC1=O. The van der Waals surface area contributed by atoms with Crippen molar-refractivity contribution in [2.24, 2.45) is 0 Å². The first-order valence-corrected chi connectivity index (χ1v) is 7.75.